The Morgan fingerprint density at radius 2 is 1.96 bits per heavy atom. The van der Waals surface area contributed by atoms with Gasteiger partial charge in [-0.2, -0.15) is 0 Å². The van der Waals surface area contributed by atoms with Gasteiger partial charge in [0.25, 0.3) is 0 Å². The van der Waals surface area contributed by atoms with Crippen LogP contribution in [-0.2, 0) is 11.2 Å². The van der Waals surface area contributed by atoms with Gasteiger partial charge in [-0.05, 0) is 43.1 Å². The molecule has 0 saturated heterocycles. The summed E-state index contributed by atoms with van der Waals surface area (Å²) in [6.45, 7) is 1.07. The van der Waals surface area contributed by atoms with Gasteiger partial charge >= 0.3 is 0 Å². The van der Waals surface area contributed by atoms with Crippen LogP contribution in [0, 0.1) is 0 Å². The molecule has 122 valence electrons. The number of ether oxygens (including phenoxy) is 1. The highest BCUT2D eigenvalue weighted by molar-refractivity contribution is 6.32. The fourth-order valence-electron chi connectivity index (χ4n) is 2.21. The molecule has 0 spiro atoms. The lowest BCUT2D eigenvalue weighted by atomic mass is 10.1. The highest BCUT2D eigenvalue weighted by Crippen LogP contribution is 2.27. The number of hydrogen-bond donors (Lipinski definition) is 2. The van der Waals surface area contributed by atoms with Crippen LogP contribution in [0.2, 0.25) is 5.02 Å². The second-order valence-corrected chi connectivity index (χ2v) is 5.57. The van der Waals surface area contributed by atoms with Gasteiger partial charge in [0.15, 0.2) is 0 Å². The molecule has 2 rings (SSSR count). The minimum atomic E-state index is -0.0917. The number of nitrogens with one attached hydrogen (secondary N) is 2. The monoisotopic (exact) mass is 332 g/mol. The molecule has 2 N–H and O–H groups in total. The Bertz CT molecular complexity index is 632. The summed E-state index contributed by atoms with van der Waals surface area (Å²) in [7, 11) is 1.55. The number of hydrogen-bond acceptors (Lipinski definition) is 3. The van der Waals surface area contributed by atoms with Gasteiger partial charge in [0, 0.05) is 5.69 Å². The van der Waals surface area contributed by atoms with Gasteiger partial charge in [-0.25, -0.2) is 0 Å². The number of carbonyl (C=O) groups excluding carboxylic acids is 1. The van der Waals surface area contributed by atoms with Crippen molar-refractivity contribution in [1.29, 1.82) is 0 Å². The average Bonchev–Trinajstić information content (AvgIpc) is 2.56. The van der Waals surface area contributed by atoms with Crippen molar-refractivity contribution >= 4 is 23.2 Å². The second kappa shape index (κ2) is 9.18. The van der Waals surface area contributed by atoms with Crippen molar-refractivity contribution in [1.82, 2.24) is 5.32 Å². The molecule has 0 unspecified atom stereocenters. The second-order valence-electron chi connectivity index (χ2n) is 5.16. The van der Waals surface area contributed by atoms with Gasteiger partial charge in [-0.3, -0.25) is 4.79 Å². The summed E-state index contributed by atoms with van der Waals surface area (Å²) in [5.41, 5.74) is 1.97. The number of methoxy groups -OCH3 is 1. The van der Waals surface area contributed by atoms with Gasteiger partial charge in [0.2, 0.25) is 5.91 Å². The Labute approximate surface area is 141 Å². The largest absolute Gasteiger partial charge is 0.495 e. The van der Waals surface area contributed by atoms with E-state index < -0.39 is 0 Å². The minimum absolute atomic E-state index is 0.0917. The third-order valence-electron chi connectivity index (χ3n) is 3.38. The zero-order chi connectivity index (χ0) is 16.5. The SMILES string of the molecule is COc1ccc(NC(=O)CNCCCc2ccccc2)cc1Cl. The molecule has 0 aromatic heterocycles. The molecule has 0 radical (unpaired) electrons. The average molecular weight is 333 g/mol. The van der Waals surface area contributed by atoms with Crippen LogP contribution in [0.1, 0.15) is 12.0 Å². The Morgan fingerprint density at radius 3 is 2.65 bits per heavy atom. The number of aryl methyl sites for hydroxylation is 1. The molecule has 1 amide bonds. The van der Waals surface area contributed by atoms with E-state index in [-0.39, 0.29) is 12.5 Å². The summed E-state index contributed by atoms with van der Waals surface area (Å²) in [6, 6.07) is 15.5. The van der Waals surface area contributed by atoms with Gasteiger partial charge < -0.3 is 15.4 Å². The molecular weight excluding hydrogens is 312 g/mol. The smallest absolute Gasteiger partial charge is 0.238 e. The minimum Gasteiger partial charge on any atom is -0.495 e. The van der Waals surface area contributed by atoms with Crippen molar-refractivity contribution in [3.8, 4) is 5.75 Å². The van der Waals surface area contributed by atoms with Gasteiger partial charge in [-0.1, -0.05) is 41.9 Å². The van der Waals surface area contributed by atoms with Crippen molar-refractivity contribution < 1.29 is 9.53 Å². The number of halogens is 1. The predicted molar refractivity (Wildman–Crippen MR) is 94.3 cm³/mol. The van der Waals surface area contributed by atoms with Gasteiger partial charge in [0.1, 0.15) is 5.75 Å². The van der Waals surface area contributed by atoms with E-state index in [0.717, 1.165) is 19.4 Å². The molecule has 5 heteroatoms. The van der Waals surface area contributed by atoms with Crippen LogP contribution in [0.15, 0.2) is 48.5 Å². The predicted octanol–water partition coefficient (Wildman–Crippen LogP) is 3.51. The zero-order valence-electron chi connectivity index (χ0n) is 13.1. The molecule has 2 aromatic rings. The Morgan fingerprint density at radius 1 is 1.17 bits per heavy atom. The topological polar surface area (TPSA) is 50.4 Å². The molecular formula is C18H21ClN2O2. The maximum Gasteiger partial charge on any atom is 0.238 e. The summed E-state index contributed by atoms with van der Waals surface area (Å²) in [5.74, 6) is 0.495. The van der Waals surface area contributed by atoms with Crippen molar-refractivity contribution in [2.45, 2.75) is 12.8 Å². The van der Waals surface area contributed by atoms with E-state index in [9.17, 15) is 4.79 Å². The molecule has 0 bridgehead atoms. The van der Waals surface area contributed by atoms with E-state index >= 15 is 0 Å². The number of carbonyl (C=O) groups is 1. The maximum atomic E-state index is 11.9. The van der Waals surface area contributed by atoms with E-state index in [0.29, 0.717) is 16.5 Å². The van der Waals surface area contributed by atoms with Gasteiger partial charge in [0.05, 0.1) is 18.7 Å². The van der Waals surface area contributed by atoms with Crippen molar-refractivity contribution in [3.63, 3.8) is 0 Å². The Hall–Kier alpha value is -2.04. The maximum absolute atomic E-state index is 11.9. The van der Waals surface area contributed by atoms with Crippen molar-refractivity contribution in [2.75, 3.05) is 25.5 Å². The zero-order valence-corrected chi connectivity index (χ0v) is 13.9. The molecule has 0 aliphatic heterocycles. The number of benzene rings is 2. The third-order valence-corrected chi connectivity index (χ3v) is 3.68. The normalized spacial score (nSPS) is 10.3. The fourth-order valence-corrected chi connectivity index (χ4v) is 2.47. The first kappa shape index (κ1) is 17.3. The van der Waals surface area contributed by atoms with E-state index in [1.54, 1.807) is 25.3 Å². The molecule has 0 aliphatic rings. The van der Waals surface area contributed by atoms with Crippen LogP contribution in [-0.4, -0.2) is 26.1 Å². The first-order chi connectivity index (χ1) is 11.2. The van der Waals surface area contributed by atoms with E-state index in [4.69, 9.17) is 16.3 Å². The van der Waals surface area contributed by atoms with Crippen LogP contribution < -0.4 is 15.4 Å². The molecule has 0 heterocycles. The van der Waals surface area contributed by atoms with Crippen molar-refractivity contribution in [2.24, 2.45) is 0 Å². The highest BCUT2D eigenvalue weighted by atomic mass is 35.5. The summed E-state index contributed by atoms with van der Waals surface area (Å²) in [4.78, 5) is 11.9. The Kier molecular flexibility index (Phi) is 6.91. The summed E-state index contributed by atoms with van der Waals surface area (Å²) in [5, 5.41) is 6.42. The molecule has 2 aromatic carbocycles. The van der Waals surface area contributed by atoms with Crippen LogP contribution in [0.5, 0.6) is 5.75 Å². The van der Waals surface area contributed by atoms with E-state index in [1.807, 2.05) is 18.2 Å². The highest BCUT2D eigenvalue weighted by Gasteiger charge is 2.05. The molecule has 4 nitrogen and oxygen atoms in total. The lowest BCUT2D eigenvalue weighted by Crippen LogP contribution is -2.28. The number of amides is 1. The van der Waals surface area contributed by atoms with E-state index in [1.165, 1.54) is 5.56 Å². The first-order valence-corrected chi connectivity index (χ1v) is 7.95. The van der Waals surface area contributed by atoms with Crippen LogP contribution in [0.25, 0.3) is 0 Å². The van der Waals surface area contributed by atoms with E-state index in [2.05, 4.69) is 22.8 Å². The molecule has 0 fully saturated rings. The first-order valence-electron chi connectivity index (χ1n) is 7.57. The molecule has 0 saturated carbocycles. The van der Waals surface area contributed by atoms with Crippen LogP contribution in [0.3, 0.4) is 0 Å². The quantitative estimate of drug-likeness (QED) is 0.727. The summed E-state index contributed by atoms with van der Waals surface area (Å²) >= 11 is 6.02. The van der Waals surface area contributed by atoms with Crippen LogP contribution >= 0.6 is 11.6 Å². The lowest BCUT2D eigenvalue weighted by molar-refractivity contribution is -0.115. The molecule has 23 heavy (non-hydrogen) atoms. The number of rotatable bonds is 8. The summed E-state index contributed by atoms with van der Waals surface area (Å²) in [6.07, 6.45) is 2.00. The summed E-state index contributed by atoms with van der Waals surface area (Å²) < 4.78 is 5.08. The van der Waals surface area contributed by atoms with Gasteiger partial charge in [-0.15, -0.1) is 0 Å². The fraction of sp³-hybridized carbons (Fsp3) is 0.278. The van der Waals surface area contributed by atoms with Crippen molar-refractivity contribution in [3.05, 3.63) is 59.1 Å². The lowest BCUT2D eigenvalue weighted by Gasteiger charge is -2.09. The molecule has 0 aliphatic carbocycles. The molecule has 0 atom stereocenters. The third kappa shape index (κ3) is 5.93. The standard InChI is InChI=1S/C18H21ClN2O2/c1-23-17-10-9-15(12-16(17)19)21-18(22)13-20-11-5-8-14-6-3-2-4-7-14/h2-4,6-7,9-10,12,20H,5,8,11,13H2,1H3,(H,21,22). The number of anilines is 1. The van der Waals surface area contributed by atoms with Crippen LogP contribution in [0.4, 0.5) is 5.69 Å². The Balaban J connectivity index is 1.66.